The Morgan fingerprint density at radius 3 is 1.20 bits per heavy atom. The first-order chi connectivity index (χ1) is 31.8. The molecule has 0 aromatic heterocycles. The first kappa shape index (κ1) is 60.4. The van der Waals surface area contributed by atoms with Gasteiger partial charge in [-0.2, -0.15) is 0 Å². The Morgan fingerprint density at radius 2 is 0.831 bits per heavy atom. The Kier molecular flexibility index (Phi) is 45.3. The zero-order chi connectivity index (χ0) is 47.4. The van der Waals surface area contributed by atoms with E-state index in [2.05, 4.69) is 171 Å². The fraction of sp³-hybridized carbons (Fsp3) is 0.455. The van der Waals surface area contributed by atoms with Crippen LogP contribution in [0, 0.1) is 0 Å². The molecule has 0 heterocycles. The quantitative estimate of drug-likeness (QED) is 0.0239. The molecular formula is C55H82NO8P. The molecule has 0 saturated carbocycles. The predicted octanol–water partition coefficient (Wildman–Crippen LogP) is 14.0. The van der Waals surface area contributed by atoms with E-state index in [0.717, 1.165) is 89.9 Å². The summed E-state index contributed by atoms with van der Waals surface area (Å²) < 4.78 is 26.8. The topological polar surface area (TPSA) is 131 Å². The lowest BCUT2D eigenvalue weighted by Gasteiger charge is -2.15. The first-order valence-corrected chi connectivity index (χ1v) is 25.1. The van der Waals surface area contributed by atoms with Gasteiger partial charge in [-0.1, -0.05) is 184 Å². The number of esters is 1. The zero-order valence-corrected chi connectivity index (χ0v) is 40.5. The van der Waals surface area contributed by atoms with Gasteiger partial charge in [-0.25, -0.2) is 4.57 Å². The number of phosphoric acid groups is 1. The molecule has 0 radical (unpaired) electrons. The van der Waals surface area contributed by atoms with E-state index < -0.39 is 33.1 Å². The van der Waals surface area contributed by atoms with E-state index in [0.29, 0.717) is 19.3 Å². The SMILES string of the molecule is CC/C=C\C/C=C\C/C=C\C/C=C\C/C=C\C/C=C\C/C=C\CCCC(=O)NCCOP(=O)(O)OCC(O)COC(=O)C/C=C\C/C=C\C/C=C\C/C=C\C/C=C\C/C=C\C/C=C\CC. The molecule has 1 amide bonds. The second-order valence-electron chi connectivity index (χ2n) is 14.6. The van der Waals surface area contributed by atoms with Crippen molar-refractivity contribution in [3.05, 3.63) is 170 Å². The molecule has 0 spiro atoms. The Bertz CT molecular complexity index is 1650. The maximum Gasteiger partial charge on any atom is 0.472 e. The summed E-state index contributed by atoms with van der Waals surface area (Å²) in [7, 11) is -4.47. The van der Waals surface area contributed by atoms with Gasteiger partial charge in [-0.3, -0.25) is 18.6 Å². The highest BCUT2D eigenvalue weighted by Gasteiger charge is 2.23. The summed E-state index contributed by atoms with van der Waals surface area (Å²) in [4.78, 5) is 33.9. The van der Waals surface area contributed by atoms with Gasteiger partial charge in [0.2, 0.25) is 5.91 Å². The van der Waals surface area contributed by atoms with Gasteiger partial charge in [0.25, 0.3) is 0 Å². The van der Waals surface area contributed by atoms with E-state index in [1.165, 1.54) is 0 Å². The van der Waals surface area contributed by atoms with Gasteiger partial charge >= 0.3 is 13.8 Å². The molecule has 65 heavy (non-hydrogen) atoms. The molecule has 2 atom stereocenters. The average molecular weight is 916 g/mol. The molecule has 0 aliphatic carbocycles. The van der Waals surface area contributed by atoms with E-state index >= 15 is 0 Å². The lowest BCUT2D eigenvalue weighted by molar-refractivity contribution is -0.146. The number of carbonyl (C=O) groups excluding carboxylic acids is 2. The number of aliphatic hydroxyl groups excluding tert-OH is 1. The van der Waals surface area contributed by atoms with Crippen LogP contribution in [-0.4, -0.2) is 54.3 Å². The molecule has 0 rings (SSSR count). The van der Waals surface area contributed by atoms with Crippen LogP contribution in [0.3, 0.4) is 0 Å². The monoisotopic (exact) mass is 916 g/mol. The van der Waals surface area contributed by atoms with Gasteiger partial charge in [0, 0.05) is 13.0 Å². The number of amides is 1. The summed E-state index contributed by atoms with van der Waals surface area (Å²) in [6.45, 7) is 3.10. The predicted molar refractivity (Wildman–Crippen MR) is 274 cm³/mol. The summed E-state index contributed by atoms with van der Waals surface area (Å²) >= 11 is 0. The van der Waals surface area contributed by atoms with Crippen LogP contribution in [0.1, 0.15) is 129 Å². The number of phosphoric ester groups is 1. The minimum absolute atomic E-state index is 0.0268. The summed E-state index contributed by atoms with van der Waals surface area (Å²) in [6.07, 6.45) is 73.2. The van der Waals surface area contributed by atoms with E-state index in [-0.39, 0.29) is 25.5 Å². The number of nitrogens with one attached hydrogen (secondary N) is 1. The van der Waals surface area contributed by atoms with Gasteiger partial charge in [-0.05, 0) is 103 Å². The van der Waals surface area contributed by atoms with Gasteiger partial charge in [0.05, 0.1) is 19.6 Å². The van der Waals surface area contributed by atoms with Crippen molar-refractivity contribution in [2.45, 2.75) is 136 Å². The number of hydrogen-bond donors (Lipinski definition) is 3. The van der Waals surface area contributed by atoms with Crippen LogP contribution in [0.25, 0.3) is 0 Å². The lowest BCUT2D eigenvalue weighted by atomic mass is 10.2. The summed E-state index contributed by atoms with van der Waals surface area (Å²) in [6, 6.07) is 0. The van der Waals surface area contributed by atoms with Crippen molar-refractivity contribution < 1.29 is 37.9 Å². The fourth-order valence-electron chi connectivity index (χ4n) is 5.22. The Labute approximate surface area is 393 Å². The minimum atomic E-state index is -4.47. The molecule has 0 aliphatic heterocycles. The van der Waals surface area contributed by atoms with Crippen molar-refractivity contribution in [1.29, 1.82) is 0 Å². The highest BCUT2D eigenvalue weighted by atomic mass is 31.2. The summed E-state index contributed by atoms with van der Waals surface area (Å²) in [5.74, 6) is -0.729. The second kappa shape index (κ2) is 48.8. The van der Waals surface area contributed by atoms with E-state index in [1.54, 1.807) is 6.08 Å². The van der Waals surface area contributed by atoms with Crippen molar-refractivity contribution in [3.63, 3.8) is 0 Å². The first-order valence-electron chi connectivity index (χ1n) is 23.6. The number of hydrogen-bond acceptors (Lipinski definition) is 7. The molecule has 10 heteroatoms. The summed E-state index contributed by atoms with van der Waals surface area (Å²) in [5.41, 5.74) is 0. The van der Waals surface area contributed by atoms with Crippen molar-refractivity contribution in [1.82, 2.24) is 5.32 Å². The minimum Gasteiger partial charge on any atom is -0.463 e. The standard InChI is InChI=1S/C55H82NO8P/c1-3-5-7-9-11-13-15-17-19-21-23-25-26-28-29-31-33-35-37-39-41-43-45-47-54(58)56-49-50-63-65(60,61)64-52-53(57)51-62-55(59)48-46-44-42-40-38-36-34-32-30-27-24-22-20-18-16-14-12-10-8-6-4-2/h5-8,11-14,17-20,23-25,27-29,32-35,38-41,44,46,53,57H,3-4,9-10,15-16,21-22,26,30-31,36-37,42-43,45,47-52H2,1-2H3,(H,56,58)(H,60,61)/b7-5-,8-6-,13-11-,14-12-,19-17-,20-18-,25-23-,27-24-,29-28-,34-32-,35-33-,40-38-,41-39-,46-44-. The average Bonchev–Trinajstić information content (AvgIpc) is 3.29. The molecule has 9 nitrogen and oxygen atoms in total. The van der Waals surface area contributed by atoms with Crippen LogP contribution in [0.2, 0.25) is 0 Å². The molecule has 0 saturated heterocycles. The van der Waals surface area contributed by atoms with Crippen LogP contribution in [0.4, 0.5) is 0 Å². The normalized spacial score (nSPS) is 14.7. The Hall–Kier alpha value is -4.63. The molecule has 0 aliphatic rings. The highest BCUT2D eigenvalue weighted by Crippen LogP contribution is 2.42. The fourth-order valence-corrected chi connectivity index (χ4v) is 5.97. The summed E-state index contributed by atoms with van der Waals surface area (Å²) in [5, 5.41) is 12.7. The number of ether oxygens (including phenoxy) is 1. The number of rotatable bonds is 41. The third-order valence-electron chi connectivity index (χ3n) is 8.68. The van der Waals surface area contributed by atoms with Gasteiger partial charge in [0.1, 0.15) is 12.7 Å². The molecule has 0 aromatic rings. The molecule has 3 N–H and O–H groups in total. The molecule has 0 bridgehead atoms. The zero-order valence-electron chi connectivity index (χ0n) is 39.6. The molecular weight excluding hydrogens is 834 g/mol. The largest absolute Gasteiger partial charge is 0.472 e. The highest BCUT2D eigenvalue weighted by molar-refractivity contribution is 7.47. The van der Waals surface area contributed by atoms with E-state index in [4.69, 9.17) is 13.8 Å². The lowest BCUT2D eigenvalue weighted by Crippen LogP contribution is -2.27. The van der Waals surface area contributed by atoms with Crippen LogP contribution < -0.4 is 5.32 Å². The van der Waals surface area contributed by atoms with Crippen molar-refractivity contribution in [2.75, 3.05) is 26.4 Å². The molecule has 360 valence electrons. The van der Waals surface area contributed by atoms with Crippen LogP contribution in [0.5, 0.6) is 0 Å². The number of aliphatic hydroxyl groups is 1. The maximum absolute atomic E-state index is 12.1. The maximum atomic E-state index is 12.1. The van der Waals surface area contributed by atoms with Crippen LogP contribution >= 0.6 is 7.82 Å². The van der Waals surface area contributed by atoms with Crippen LogP contribution in [0.15, 0.2) is 170 Å². The van der Waals surface area contributed by atoms with E-state index in [9.17, 15) is 24.2 Å². The molecule has 0 fully saturated rings. The molecule has 2 unspecified atom stereocenters. The van der Waals surface area contributed by atoms with Crippen molar-refractivity contribution in [2.24, 2.45) is 0 Å². The van der Waals surface area contributed by atoms with Crippen LogP contribution in [-0.2, 0) is 27.9 Å². The molecule has 0 aromatic carbocycles. The third kappa shape index (κ3) is 50.2. The van der Waals surface area contributed by atoms with Gasteiger partial charge in [-0.15, -0.1) is 0 Å². The van der Waals surface area contributed by atoms with E-state index in [1.807, 2.05) is 12.2 Å². The number of carbonyl (C=O) groups is 2. The van der Waals surface area contributed by atoms with Gasteiger partial charge in [0.15, 0.2) is 0 Å². The third-order valence-corrected chi connectivity index (χ3v) is 9.66. The Balaban J connectivity index is 3.84. The smallest absolute Gasteiger partial charge is 0.463 e. The van der Waals surface area contributed by atoms with Gasteiger partial charge < -0.3 is 20.1 Å². The Morgan fingerprint density at radius 1 is 0.492 bits per heavy atom. The van der Waals surface area contributed by atoms with Crippen molar-refractivity contribution >= 4 is 19.7 Å². The van der Waals surface area contributed by atoms with Crippen molar-refractivity contribution in [3.8, 4) is 0 Å². The number of unbranched alkanes of at least 4 members (excludes halogenated alkanes) is 1. The second-order valence-corrected chi connectivity index (χ2v) is 16.1. The number of allylic oxidation sites excluding steroid dienone is 27.